The van der Waals surface area contributed by atoms with Gasteiger partial charge in [0.1, 0.15) is 5.56 Å². The molecule has 2 rings (SSSR count). The molecule has 1 aromatic heterocycles. The van der Waals surface area contributed by atoms with Gasteiger partial charge in [0, 0.05) is 45.0 Å². The number of likely N-dealkylation sites (tertiary alicyclic amines) is 1. The summed E-state index contributed by atoms with van der Waals surface area (Å²) < 4.78 is 15.6. The second-order valence-electron chi connectivity index (χ2n) is 6.71. The molecule has 0 spiro atoms. The van der Waals surface area contributed by atoms with Gasteiger partial charge in [-0.2, -0.15) is 4.98 Å². The molecule has 9 nitrogen and oxygen atoms in total. The highest BCUT2D eigenvalue weighted by Gasteiger charge is 2.37. The lowest BCUT2D eigenvalue weighted by Gasteiger charge is -2.42. The average molecular weight is 394 g/mol. The molecule has 1 saturated heterocycles. The standard InChI is InChI=1S/C19H30N4O5/c1-5-20-18(25)22-19(10-13-26-2)8-11-23(12-9-19)17(24)14-6-7-15(27-3)21-16(14)28-4/h6-7H,5,8-13H2,1-4H3,(H2,20,22,25). The largest absolute Gasteiger partial charge is 0.481 e. The first-order valence-corrected chi connectivity index (χ1v) is 9.42. The number of aromatic nitrogens is 1. The van der Waals surface area contributed by atoms with Crippen LogP contribution < -0.4 is 20.1 Å². The number of nitrogens with zero attached hydrogens (tertiary/aromatic N) is 2. The molecular formula is C19H30N4O5. The van der Waals surface area contributed by atoms with E-state index in [1.54, 1.807) is 24.1 Å². The summed E-state index contributed by atoms with van der Waals surface area (Å²) in [5.74, 6) is 0.475. The summed E-state index contributed by atoms with van der Waals surface area (Å²) in [5, 5.41) is 5.86. The Morgan fingerprint density at radius 1 is 1.18 bits per heavy atom. The van der Waals surface area contributed by atoms with Crippen molar-refractivity contribution in [1.29, 1.82) is 0 Å². The first-order chi connectivity index (χ1) is 13.5. The number of nitrogens with one attached hydrogen (secondary N) is 2. The summed E-state index contributed by atoms with van der Waals surface area (Å²) in [7, 11) is 4.62. The Morgan fingerprint density at radius 3 is 2.46 bits per heavy atom. The highest BCUT2D eigenvalue weighted by molar-refractivity contribution is 5.96. The van der Waals surface area contributed by atoms with Gasteiger partial charge in [0.05, 0.1) is 14.2 Å². The summed E-state index contributed by atoms with van der Waals surface area (Å²) in [4.78, 5) is 31.0. The number of amides is 3. The van der Waals surface area contributed by atoms with E-state index in [0.717, 1.165) is 0 Å². The fourth-order valence-corrected chi connectivity index (χ4v) is 3.34. The Morgan fingerprint density at radius 2 is 1.89 bits per heavy atom. The van der Waals surface area contributed by atoms with Gasteiger partial charge in [0.2, 0.25) is 11.8 Å². The van der Waals surface area contributed by atoms with E-state index in [1.807, 2.05) is 6.92 Å². The second kappa shape index (κ2) is 10.1. The van der Waals surface area contributed by atoms with E-state index in [9.17, 15) is 9.59 Å². The van der Waals surface area contributed by atoms with Gasteiger partial charge < -0.3 is 29.7 Å². The number of rotatable bonds is 8. The van der Waals surface area contributed by atoms with Gasteiger partial charge >= 0.3 is 6.03 Å². The van der Waals surface area contributed by atoms with Crippen LogP contribution >= 0.6 is 0 Å². The van der Waals surface area contributed by atoms with Crippen molar-refractivity contribution in [2.24, 2.45) is 0 Å². The third kappa shape index (κ3) is 5.25. The van der Waals surface area contributed by atoms with Crippen molar-refractivity contribution in [3.63, 3.8) is 0 Å². The predicted molar refractivity (Wildman–Crippen MR) is 104 cm³/mol. The van der Waals surface area contributed by atoms with E-state index in [-0.39, 0.29) is 17.8 Å². The number of carbonyl (C=O) groups is 2. The van der Waals surface area contributed by atoms with Crippen LogP contribution in [-0.2, 0) is 4.74 Å². The maximum atomic E-state index is 13.0. The van der Waals surface area contributed by atoms with Crippen molar-refractivity contribution < 1.29 is 23.8 Å². The highest BCUT2D eigenvalue weighted by Crippen LogP contribution is 2.29. The molecule has 1 aliphatic heterocycles. The van der Waals surface area contributed by atoms with Crippen LogP contribution in [0.15, 0.2) is 12.1 Å². The Bertz CT molecular complexity index is 674. The van der Waals surface area contributed by atoms with Crippen molar-refractivity contribution in [1.82, 2.24) is 20.5 Å². The summed E-state index contributed by atoms with van der Waals surface area (Å²) in [6.45, 7) is 4.00. The van der Waals surface area contributed by atoms with Gasteiger partial charge in [0.25, 0.3) is 5.91 Å². The number of urea groups is 1. The lowest BCUT2D eigenvalue weighted by Crippen LogP contribution is -2.58. The Kier molecular flexibility index (Phi) is 7.86. The SMILES string of the molecule is CCNC(=O)NC1(CCOC)CCN(C(=O)c2ccc(OC)nc2OC)CC1. The Hall–Kier alpha value is -2.55. The van der Waals surface area contributed by atoms with Crippen LogP contribution in [-0.4, -0.2) is 74.9 Å². The summed E-state index contributed by atoms with van der Waals surface area (Å²) in [5.41, 5.74) is -0.00161. The third-order valence-electron chi connectivity index (χ3n) is 4.98. The van der Waals surface area contributed by atoms with Gasteiger partial charge in [-0.15, -0.1) is 0 Å². The summed E-state index contributed by atoms with van der Waals surface area (Å²) in [6.07, 6.45) is 1.98. The van der Waals surface area contributed by atoms with Crippen molar-refractivity contribution >= 4 is 11.9 Å². The van der Waals surface area contributed by atoms with Crippen LogP contribution in [0.5, 0.6) is 11.8 Å². The molecule has 0 bridgehead atoms. The molecular weight excluding hydrogens is 364 g/mol. The minimum atomic E-state index is -0.395. The first-order valence-electron chi connectivity index (χ1n) is 9.42. The van der Waals surface area contributed by atoms with E-state index in [2.05, 4.69) is 15.6 Å². The maximum absolute atomic E-state index is 13.0. The zero-order valence-corrected chi connectivity index (χ0v) is 17.0. The number of pyridine rings is 1. The molecule has 1 fully saturated rings. The minimum Gasteiger partial charge on any atom is -0.481 e. The number of hydrogen-bond donors (Lipinski definition) is 2. The topological polar surface area (TPSA) is 102 Å². The lowest BCUT2D eigenvalue weighted by atomic mass is 9.84. The molecule has 0 radical (unpaired) electrons. The van der Waals surface area contributed by atoms with Gasteiger partial charge in [-0.05, 0) is 32.3 Å². The number of carbonyl (C=O) groups excluding carboxylic acids is 2. The molecule has 1 aliphatic rings. The molecule has 0 unspecified atom stereocenters. The smallest absolute Gasteiger partial charge is 0.315 e. The molecule has 2 N–H and O–H groups in total. The Labute approximate surface area is 165 Å². The minimum absolute atomic E-state index is 0.148. The van der Waals surface area contributed by atoms with Gasteiger partial charge in [-0.3, -0.25) is 4.79 Å². The zero-order valence-electron chi connectivity index (χ0n) is 17.0. The van der Waals surface area contributed by atoms with Crippen LogP contribution in [0.2, 0.25) is 0 Å². The Balaban J connectivity index is 2.09. The van der Waals surface area contributed by atoms with Gasteiger partial charge in [-0.25, -0.2) is 4.79 Å². The predicted octanol–water partition coefficient (Wildman–Crippen LogP) is 1.43. The van der Waals surface area contributed by atoms with Crippen molar-refractivity contribution in [2.75, 3.05) is 47.6 Å². The molecule has 0 aliphatic carbocycles. The molecule has 2 heterocycles. The molecule has 28 heavy (non-hydrogen) atoms. The molecule has 1 aromatic rings. The molecule has 0 saturated carbocycles. The zero-order chi connectivity index (χ0) is 20.6. The fourth-order valence-electron chi connectivity index (χ4n) is 3.34. The van der Waals surface area contributed by atoms with Gasteiger partial charge in [-0.1, -0.05) is 0 Å². The van der Waals surface area contributed by atoms with Gasteiger partial charge in [0.15, 0.2) is 0 Å². The molecule has 9 heteroatoms. The number of hydrogen-bond acceptors (Lipinski definition) is 6. The molecule has 0 atom stereocenters. The monoisotopic (exact) mass is 394 g/mol. The van der Waals surface area contributed by atoms with Crippen molar-refractivity contribution in [3.8, 4) is 11.8 Å². The van der Waals surface area contributed by atoms with Crippen LogP contribution in [0.4, 0.5) is 4.79 Å². The lowest BCUT2D eigenvalue weighted by molar-refractivity contribution is 0.0599. The number of piperidine rings is 1. The number of methoxy groups -OCH3 is 3. The average Bonchev–Trinajstić information content (AvgIpc) is 2.72. The van der Waals surface area contributed by atoms with E-state index in [0.29, 0.717) is 56.9 Å². The van der Waals surface area contributed by atoms with E-state index < -0.39 is 5.54 Å². The van der Waals surface area contributed by atoms with Crippen molar-refractivity contribution in [2.45, 2.75) is 31.7 Å². The third-order valence-corrected chi connectivity index (χ3v) is 4.98. The number of ether oxygens (including phenoxy) is 3. The van der Waals surface area contributed by atoms with E-state index in [4.69, 9.17) is 14.2 Å². The highest BCUT2D eigenvalue weighted by atomic mass is 16.5. The van der Waals surface area contributed by atoms with E-state index >= 15 is 0 Å². The molecule has 0 aromatic carbocycles. The first kappa shape index (κ1) is 21.7. The normalized spacial score (nSPS) is 15.6. The molecule has 3 amide bonds. The van der Waals surface area contributed by atoms with Crippen LogP contribution in [0.1, 0.15) is 36.5 Å². The van der Waals surface area contributed by atoms with Crippen LogP contribution in [0.25, 0.3) is 0 Å². The second-order valence-corrected chi connectivity index (χ2v) is 6.71. The molecule has 156 valence electrons. The summed E-state index contributed by atoms with van der Waals surface area (Å²) >= 11 is 0. The van der Waals surface area contributed by atoms with Crippen molar-refractivity contribution in [3.05, 3.63) is 17.7 Å². The quantitative estimate of drug-likeness (QED) is 0.692. The fraction of sp³-hybridized carbons (Fsp3) is 0.632. The van der Waals surface area contributed by atoms with Crippen LogP contribution in [0.3, 0.4) is 0 Å². The van der Waals surface area contributed by atoms with Crippen LogP contribution in [0, 0.1) is 0 Å². The van der Waals surface area contributed by atoms with E-state index in [1.165, 1.54) is 14.2 Å². The maximum Gasteiger partial charge on any atom is 0.315 e. The summed E-state index contributed by atoms with van der Waals surface area (Å²) in [6, 6.07) is 3.10.